The normalized spacial score (nSPS) is 9.24. The number of aryl methyl sites for hydroxylation is 2. The minimum Gasteiger partial charge on any atom is -0.496 e. The fourth-order valence-electron chi connectivity index (χ4n) is 1.37. The van der Waals surface area contributed by atoms with Gasteiger partial charge in [-0.3, -0.25) is 4.79 Å². The van der Waals surface area contributed by atoms with Gasteiger partial charge in [-0.1, -0.05) is 0 Å². The average Bonchev–Trinajstić information content (AvgIpc) is 2.28. The first-order chi connectivity index (χ1) is 7.95. The van der Waals surface area contributed by atoms with Gasteiger partial charge in [0.2, 0.25) is 5.78 Å². The van der Waals surface area contributed by atoms with Crippen LogP contribution in [0.3, 0.4) is 0 Å². The molecule has 0 atom stereocenters. The van der Waals surface area contributed by atoms with Crippen LogP contribution in [0.4, 0.5) is 0 Å². The van der Waals surface area contributed by atoms with Gasteiger partial charge in [0.25, 0.3) is 0 Å². The van der Waals surface area contributed by atoms with Crippen LogP contribution in [0.15, 0.2) is 12.1 Å². The van der Waals surface area contributed by atoms with Gasteiger partial charge in [-0.15, -0.1) is 0 Å². The van der Waals surface area contributed by atoms with E-state index >= 15 is 0 Å². The van der Waals surface area contributed by atoms with Gasteiger partial charge >= 0.3 is 0 Å². The number of benzene rings is 1. The molecule has 0 spiro atoms. The van der Waals surface area contributed by atoms with Crippen LogP contribution in [0.1, 0.15) is 21.5 Å². The lowest BCUT2D eigenvalue weighted by Crippen LogP contribution is -2.05. The maximum Gasteiger partial charge on any atom is 0.241 e. The molecule has 0 bridgehead atoms. The Balaban J connectivity index is 3.18. The number of carbonyl (C=O) groups excluding carboxylic acids is 1. The van der Waals surface area contributed by atoms with Crippen LogP contribution in [-0.2, 0) is 0 Å². The second-order valence-corrected chi connectivity index (χ2v) is 4.10. The number of hydrogen-bond donors (Lipinski definition) is 0. The first-order valence-electron chi connectivity index (χ1n) is 5.34. The van der Waals surface area contributed by atoms with E-state index < -0.39 is 0 Å². The van der Waals surface area contributed by atoms with Crippen LogP contribution >= 0.6 is 0 Å². The largest absolute Gasteiger partial charge is 0.496 e. The number of hydrogen-bond acceptors (Lipinski definition) is 3. The van der Waals surface area contributed by atoms with E-state index in [1.54, 1.807) is 26.1 Å². The van der Waals surface area contributed by atoms with Crippen LogP contribution in [0.2, 0.25) is 0 Å². The zero-order valence-electron chi connectivity index (χ0n) is 10.9. The monoisotopic (exact) mass is 231 g/mol. The quantitative estimate of drug-likeness (QED) is 0.443. The summed E-state index contributed by atoms with van der Waals surface area (Å²) in [7, 11) is 5.13. The van der Waals surface area contributed by atoms with Crippen molar-refractivity contribution < 1.29 is 9.53 Å². The van der Waals surface area contributed by atoms with E-state index in [4.69, 9.17) is 4.74 Å². The lowest BCUT2D eigenvalue weighted by molar-refractivity contribution is 0.105. The molecule has 0 radical (unpaired) electrons. The Labute approximate surface area is 102 Å². The van der Waals surface area contributed by atoms with Gasteiger partial charge in [0.1, 0.15) is 5.75 Å². The summed E-state index contributed by atoms with van der Waals surface area (Å²) in [5, 5.41) is 0. The van der Waals surface area contributed by atoms with Gasteiger partial charge < -0.3 is 9.64 Å². The second-order valence-electron chi connectivity index (χ2n) is 4.10. The van der Waals surface area contributed by atoms with Crippen LogP contribution in [-0.4, -0.2) is 31.9 Å². The molecule has 90 valence electrons. The number of carbonyl (C=O) groups is 1. The van der Waals surface area contributed by atoms with Crippen molar-refractivity contribution in [1.82, 2.24) is 4.90 Å². The topological polar surface area (TPSA) is 29.5 Å². The van der Waals surface area contributed by atoms with E-state index in [-0.39, 0.29) is 5.78 Å². The minimum atomic E-state index is -0.223. The molecule has 0 saturated carbocycles. The van der Waals surface area contributed by atoms with Gasteiger partial charge in [-0.05, 0) is 37.1 Å². The Kier molecular flexibility index (Phi) is 4.17. The number of Topliss-reactive ketones (excluding diaryl/α,β-unsaturated/α-hetero) is 1. The third-order valence-corrected chi connectivity index (χ3v) is 2.45. The molecule has 0 N–H and O–H groups in total. The Morgan fingerprint density at radius 1 is 1.24 bits per heavy atom. The highest BCUT2D eigenvalue weighted by molar-refractivity contribution is 6.10. The van der Waals surface area contributed by atoms with Crippen molar-refractivity contribution in [3.63, 3.8) is 0 Å². The molecule has 1 aromatic rings. The molecule has 0 aliphatic heterocycles. The molecule has 0 saturated heterocycles. The van der Waals surface area contributed by atoms with Crippen molar-refractivity contribution in [2.45, 2.75) is 13.8 Å². The van der Waals surface area contributed by atoms with E-state index in [9.17, 15) is 4.79 Å². The smallest absolute Gasteiger partial charge is 0.241 e. The zero-order valence-corrected chi connectivity index (χ0v) is 10.9. The molecule has 0 aromatic heterocycles. The molecular formula is C14H17NO2. The molecule has 0 heterocycles. The summed E-state index contributed by atoms with van der Waals surface area (Å²) >= 11 is 0. The zero-order chi connectivity index (χ0) is 13.0. The summed E-state index contributed by atoms with van der Waals surface area (Å²) in [6.45, 7) is 3.95. The van der Waals surface area contributed by atoms with Gasteiger partial charge in [0, 0.05) is 26.1 Å². The van der Waals surface area contributed by atoms with E-state index in [0.717, 1.165) is 11.1 Å². The molecule has 17 heavy (non-hydrogen) atoms. The van der Waals surface area contributed by atoms with Crippen LogP contribution in [0.25, 0.3) is 0 Å². The van der Waals surface area contributed by atoms with Gasteiger partial charge in [0.15, 0.2) is 0 Å². The Morgan fingerprint density at radius 3 is 2.35 bits per heavy atom. The van der Waals surface area contributed by atoms with Crippen molar-refractivity contribution in [1.29, 1.82) is 0 Å². The SMILES string of the molecule is COc1cc(C)c(C)cc1C(=O)C#CN(C)C. The average molecular weight is 231 g/mol. The fraction of sp³-hybridized carbons (Fsp3) is 0.357. The predicted molar refractivity (Wildman–Crippen MR) is 68.3 cm³/mol. The highest BCUT2D eigenvalue weighted by Crippen LogP contribution is 2.23. The summed E-state index contributed by atoms with van der Waals surface area (Å²) in [5.74, 6) is 2.93. The van der Waals surface area contributed by atoms with E-state index in [1.807, 2.05) is 26.0 Å². The number of rotatable bonds is 2. The maximum atomic E-state index is 11.9. The molecule has 0 amide bonds. The van der Waals surface area contributed by atoms with Crippen molar-refractivity contribution in [3.8, 4) is 17.7 Å². The van der Waals surface area contributed by atoms with Crippen LogP contribution in [0.5, 0.6) is 5.75 Å². The summed E-state index contributed by atoms with van der Waals surface area (Å²) in [6.07, 6.45) is 0. The molecule has 0 unspecified atom stereocenters. The first-order valence-corrected chi connectivity index (χ1v) is 5.34. The molecule has 1 rings (SSSR count). The third kappa shape index (κ3) is 3.25. The maximum absolute atomic E-state index is 11.9. The summed E-state index contributed by atoms with van der Waals surface area (Å²) in [4.78, 5) is 13.6. The highest BCUT2D eigenvalue weighted by Gasteiger charge is 2.11. The molecule has 0 fully saturated rings. The Bertz CT molecular complexity index is 493. The second kappa shape index (κ2) is 5.40. The molecule has 0 aliphatic carbocycles. The van der Waals surface area contributed by atoms with E-state index in [2.05, 4.69) is 12.0 Å². The number of nitrogens with zero attached hydrogens (tertiary/aromatic N) is 1. The lowest BCUT2D eigenvalue weighted by Gasteiger charge is -2.08. The van der Waals surface area contributed by atoms with Crippen molar-refractivity contribution in [2.75, 3.05) is 21.2 Å². The molecule has 3 heteroatoms. The Hall–Kier alpha value is -1.95. The lowest BCUT2D eigenvalue weighted by atomic mass is 10.0. The predicted octanol–water partition coefficient (Wildman–Crippen LogP) is 2.02. The Morgan fingerprint density at radius 2 is 1.82 bits per heavy atom. The van der Waals surface area contributed by atoms with Gasteiger partial charge in [-0.25, -0.2) is 0 Å². The van der Waals surface area contributed by atoms with E-state index in [0.29, 0.717) is 11.3 Å². The summed E-state index contributed by atoms with van der Waals surface area (Å²) in [5.41, 5.74) is 2.67. The first kappa shape index (κ1) is 13.1. The number of ketones is 1. The van der Waals surface area contributed by atoms with Crippen molar-refractivity contribution in [3.05, 3.63) is 28.8 Å². The third-order valence-electron chi connectivity index (χ3n) is 2.45. The van der Waals surface area contributed by atoms with Crippen LogP contribution in [0, 0.1) is 25.8 Å². The molecule has 0 aliphatic rings. The molecular weight excluding hydrogens is 214 g/mol. The molecule has 1 aromatic carbocycles. The summed E-state index contributed by atoms with van der Waals surface area (Å²) in [6, 6.07) is 6.39. The van der Waals surface area contributed by atoms with Gasteiger partial charge in [0.05, 0.1) is 12.7 Å². The fourth-order valence-corrected chi connectivity index (χ4v) is 1.37. The van der Waals surface area contributed by atoms with Crippen molar-refractivity contribution >= 4 is 5.78 Å². The standard InChI is InChI=1S/C14H17NO2/c1-10-8-12(13(16)6-7-15(3)4)14(17-5)9-11(10)2/h8-9H,1-5H3. The highest BCUT2D eigenvalue weighted by atomic mass is 16.5. The summed E-state index contributed by atoms with van der Waals surface area (Å²) < 4.78 is 5.21. The van der Waals surface area contributed by atoms with Gasteiger partial charge in [-0.2, -0.15) is 0 Å². The molecule has 3 nitrogen and oxygen atoms in total. The van der Waals surface area contributed by atoms with E-state index in [1.165, 1.54) is 0 Å². The van der Waals surface area contributed by atoms with Crippen molar-refractivity contribution in [2.24, 2.45) is 0 Å². The number of methoxy groups -OCH3 is 1. The van der Waals surface area contributed by atoms with Crippen LogP contribution < -0.4 is 4.74 Å². The number of ether oxygens (including phenoxy) is 1. The minimum absolute atomic E-state index is 0.223.